The van der Waals surface area contributed by atoms with Crippen LogP contribution in [-0.4, -0.2) is 67.2 Å². The highest BCUT2D eigenvalue weighted by Crippen LogP contribution is 2.33. The van der Waals surface area contributed by atoms with E-state index in [2.05, 4.69) is 17.4 Å². The third kappa shape index (κ3) is 6.86. The fraction of sp³-hybridized carbons (Fsp3) is 0.700. The van der Waals surface area contributed by atoms with Crippen molar-refractivity contribution in [1.82, 2.24) is 10.2 Å². The summed E-state index contributed by atoms with van der Waals surface area (Å²) in [4.78, 5) is 42.8. The Kier molecular flexibility index (Phi) is 9.27. The number of hydrogen-bond acceptors (Lipinski definition) is 7. The molecule has 4 fully saturated rings. The molecule has 2 atom stereocenters. The summed E-state index contributed by atoms with van der Waals surface area (Å²) in [7, 11) is 0. The van der Waals surface area contributed by atoms with Crippen LogP contribution in [0.2, 0.25) is 0 Å². The Morgan fingerprint density at radius 1 is 0.872 bits per heavy atom. The van der Waals surface area contributed by atoms with Gasteiger partial charge in [-0.2, -0.15) is 0 Å². The predicted molar refractivity (Wildman–Crippen MR) is 147 cm³/mol. The van der Waals surface area contributed by atoms with Crippen molar-refractivity contribution in [2.24, 2.45) is 0 Å². The number of piperidine rings is 1. The van der Waals surface area contributed by atoms with E-state index in [9.17, 15) is 14.4 Å². The topological polar surface area (TPSA) is 97.4 Å². The van der Waals surface area contributed by atoms with Crippen LogP contribution in [0, 0.1) is 0 Å². The lowest BCUT2D eigenvalue weighted by atomic mass is 9.90. The van der Waals surface area contributed by atoms with Crippen LogP contribution >= 0.6 is 0 Å². The molecular weight excluding hydrogens is 498 g/mol. The van der Waals surface area contributed by atoms with Crippen molar-refractivity contribution in [2.75, 3.05) is 24.5 Å². The van der Waals surface area contributed by atoms with Crippen LogP contribution in [0.15, 0.2) is 24.3 Å². The standard InChI is InChI=1S/C30H43N3O6/c1-21(38-30(36)39-26-10-6-3-7-11-26)37-28(34)27-20-32(24-8-4-2-5-9-24)29(35)33(27)25-14-12-22(13-15-25)23-16-18-31-19-17-23/h12-15,21,23-24,26-27,31H,2-11,16-20H2,1H3. The van der Waals surface area contributed by atoms with Crippen molar-refractivity contribution in [1.29, 1.82) is 0 Å². The second-order valence-corrected chi connectivity index (χ2v) is 11.5. The van der Waals surface area contributed by atoms with Gasteiger partial charge in [0.15, 0.2) is 6.04 Å². The molecule has 2 aliphatic heterocycles. The summed E-state index contributed by atoms with van der Waals surface area (Å²) in [6.07, 6.45) is 10.2. The van der Waals surface area contributed by atoms with Crippen molar-refractivity contribution < 1.29 is 28.6 Å². The summed E-state index contributed by atoms with van der Waals surface area (Å²) in [6, 6.07) is 7.20. The Balaban J connectivity index is 1.26. The molecule has 4 aliphatic rings. The number of ether oxygens (including phenoxy) is 3. The zero-order valence-electron chi connectivity index (χ0n) is 23.1. The fourth-order valence-corrected chi connectivity index (χ4v) is 6.60. The number of benzene rings is 1. The molecule has 0 spiro atoms. The molecule has 1 N–H and O–H groups in total. The first-order valence-corrected chi connectivity index (χ1v) is 15.0. The van der Waals surface area contributed by atoms with Gasteiger partial charge in [-0.1, -0.05) is 37.8 Å². The van der Waals surface area contributed by atoms with Crippen LogP contribution in [0.3, 0.4) is 0 Å². The van der Waals surface area contributed by atoms with E-state index in [1.807, 2.05) is 17.0 Å². The quantitative estimate of drug-likeness (QED) is 0.361. The molecule has 0 bridgehead atoms. The van der Waals surface area contributed by atoms with Gasteiger partial charge in [-0.25, -0.2) is 14.4 Å². The summed E-state index contributed by atoms with van der Waals surface area (Å²) in [5.74, 6) is -0.0810. The highest BCUT2D eigenvalue weighted by atomic mass is 16.8. The Bertz CT molecular complexity index is 983. The van der Waals surface area contributed by atoms with E-state index in [-0.39, 0.29) is 24.7 Å². The minimum Gasteiger partial charge on any atom is -0.431 e. The van der Waals surface area contributed by atoms with Crippen molar-refractivity contribution in [3.63, 3.8) is 0 Å². The maximum absolute atomic E-state index is 13.7. The molecule has 2 aliphatic carbocycles. The maximum Gasteiger partial charge on any atom is 0.511 e. The Hall–Kier alpha value is -2.81. The molecule has 5 rings (SSSR count). The average molecular weight is 542 g/mol. The van der Waals surface area contributed by atoms with Crippen LogP contribution in [0.25, 0.3) is 0 Å². The molecule has 2 saturated heterocycles. The van der Waals surface area contributed by atoms with E-state index < -0.39 is 24.5 Å². The molecule has 214 valence electrons. The highest BCUT2D eigenvalue weighted by Gasteiger charge is 2.46. The predicted octanol–water partition coefficient (Wildman–Crippen LogP) is 5.47. The van der Waals surface area contributed by atoms with Crippen LogP contribution in [0.5, 0.6) is 0 Å². The Morgan fingerprint density at radius 2 is 1.51 bits per heavy atom. The second kappa shape index (κ2) is 13.0. The van der Waals surface area contributed by atoms with E-state index >= 15 is 0 Å². The zero-order chi connectivity index (χ0) is 27.2. The first-order valence-electron chi connectivity index (χ1n) is 15.0. The number of esters is 1. The first kappa shape index (κ1) is 27.7. The molecule has 2 unspecified atom stereocenters. The summed E-state index contributed by atoms with van der Waals surface area (Å²) < 4.78 is 16.2. The van der Waals surface area contributed by atoms with E-state index in [1.165, 1.54) is 18.9 Å². The lowest BCUT2D eigenvalue weighted by Gasteiger charge is -2.30. The monoisotopic (exact) mass is 541 g/mol. The number of rotatable bonds is 7. The van der Waals surface area contributed by atoms with Crippen LogP contribution in [0.4, 0.5) is 15.3 Å². The van der Waals surface area contributed by atoms with E-state index in [4.69, 9.17) is 14.2 Å². The lowest BCUT2D eigenvalue weighted by molar-refractivity contribution is -0.170. The van der Waals surface area contributed by atoms with Gasteiger partial charge in [0.2, 0.25) is 6.29 Å². The number of nitrogens with one attached hydrogen (secondary N) is 1. The van der Waals surface area contributed by atoms with Gasteiger partial charge in [0.25, 0.3) is 0 Å². The molecule has 0 aromatic heterocycles. The third-order valence-electron chi connectivity index (χ3n) is 8.76. The summed E-state index contributed by atoms with van der Waals surface area (Å²) >= 11 is 0. The van der Waals surface area contributed by atoms with E-state index in [1.54, 1.807) is 4.90 Å². The molecule has 2 heterocycles. The number of nitrogens with zero attached hydrogens (tertiary/aromatic N) is 2. The SMILES string of the molecule is CC(OC(=O)OC1CCCCC1)OC(=O)C1CN(C2CCCCC2)C(=O)N1c1ccc(C2CCNCC2)cc1. The van der Waals surface area contributed by atoms with Gasteiger partial charge >= 0.3 is 18.2 Å². The number of amides is 2. The minimum absolute atomic E-state index is 0.125. The third-order valence-corrected chi connectivity index (χ3v) is 8.76. The molecule has 1 aromatic rings. The van der Waals surface area contributed by atoms with E-state index in [0.29, 0.717) is 11.6 Å². The largest absolute Gasteiger partial charge is 0.511 e. The van der Waals surface area contributed by atoms with Crippen LogP contribution < -0.4 is 10.2 Å². The van der Waals surface area contributed by atoms with Crippen molar-refractivity contribution >= 4 is 23.8 Å². The average Bonchev–Trinajstić information content (AvgIpc) is 3.31. The smallest absolute Gasteiger partial charge is 0.431 e. The molecule has 9 heteroatoms. The number of anilines is 1. The van der Waals surface area contributed by atoms with Crippen molar-refractivity contribution in [3.8, 4) is 0 Å². The molecule has 1 aromatic carbocycles. The van der Waals surface area contributed by atoms with Crippen LogP contribution in [0.1, 0.15) is 95.5 Å². The Labute approximate surface area is 231 Å². The van der Waals surface area contributed by atoms with Gasteiger partial charge in [-0.15, -0.1) is 0 Å². The summed E-state index contributed by atoms with van der Waals surface area (Å²) in [6.45, 7) is 3.79. The molecule has 2 amide bonds. The normalized spacial score (nSPS) is 24.4. The maximum atomic E-state index is 13.7. The minimum atomic E-state index is -1.11. The molecule has 39 heavy (non-hydrogen) atoms. The Morgan fingerprint density at radius 3 is 2.18 bits per heavy atom. The highest BCUT2D eigenvalue weighted by molar-refractivity contribution is 6.02. The van der Waals surface area contributed by atoms with Gasteiger partial charge in [0, 0.05) is 18.7 Å². The fourth-order valence-electron chi connectivity index (χ4n) is 6.60. The second-order valence-electron chi connectivity index (χ2n) is 11.5. The number of urea groups is 1. The van der Waals surface area contributed by atoms with Gasteiger partial charge in [-0.3, -0.25) is 4.90 Å². The zero-order valence-corrected chi connectivity index (χ0v) is 23.1. The molecular formula is C30H43N3O6. The summed E-state index contributed by atoms with van der Waals surface area (Å²) in [5.41, 5.74) is 1.94. The van der Waals surface area contributed by atoms with Gasteiger partial charge in [0.1, 0.15) is 6.10 Å². The van der Waals surface area contributed by atoms with E-state index in [0.717, 1.165) is 83.7 Å². The lowest BCUT2D eigenvalue weighted by Crippen LogP contribution is -2.42. The van der Waals surface area contributed by atoms with Crippen LogP contribution in [-0.2, 0) is 19.0 Å². The van der Waals surface area contributed by atoms with Gasteiger partial charge < -0.3 is 24.4 Å². The number of carbonyl (C=O) groups excluding carboxylic acids is 3. The summed E-state index contributed by atoms with van der Waals surface area (Å²) in [5, 5.41) is 3.40. The van der Waals surface area contributed by atoms with Crippen molar-refractivity contribution in [3.05, 3.63) is 29.8 Å². The molecule has 9 nitrogen and oxygen atoms in total. The van der Waals surface area contributed by atoms with Crippen molar-refractivity contribution in [2.45, 2.75) is 114 Å². The molecule has 0 radical (unpaired) electrons. The first-order chi connectivity index (χ1) is 19.0. The van der Waals surface area contributed by atoms with Gasteiger partial charge in [-0.05, 0) is 88.1 Å². The molecule has 2 saturated carbocycles. The van der Waals surface area contributed by atoms with Gasteiger partial charge in [0.05, 0.1) is 6.54 Å². The number of hydrogen-bond donors (Lipinski definition) is 1. The number of carbonyl (C=O) groups is 3.